The minimum absolute atomic E-state index is 0.0498. The van der Waals surface area contributed by atoms with Crippen LogP contribution >= 0.6 is 15.9 Å². The summed E-state index contributed by atoms with van der Waals surface area (Å²) >= 11 is 3.32. The van der Waals surface area contributed by atoms with Crippen LogP contribution in [0.2, 0.25) is 0 Å². The molecule has 0 aromatic heterocycles. The van der Waals surface area contributed by atoms with Gasteiger partial charge < -0.3 is 5.73 Å². The molecule has 2 unspecified atom stereocenters. The van der Waals surface area contributed by atoms with Crippen molar-refractivity contribution >= 4 is 26.0 Å². The maximum absolute atomic E-state index is 12.6. The van der Waals surface area contributed by atoms with Gasteiger partial charge in [-0.25, -0.2) is 13.1 Å². The van der Waals surface area contributed by atoms with E-state index in [9.17, 15) is 8.42 Å². The molecule has 0 heterocycles. The first-order chi connectivity index (χ1) is 9.44. The molecule has 1 aliphatic carbocycles. The molecule has 0 saturated heterocycles. The third-order valence-electron chi connectivity index (χ3n) is 3.89. The van der Waals surface area contributed by atoms with Crippen LogP contribution in [0.1, 0.15) is 31.2 Å². The second kappa shape index (κ2) is 6.56. The summed E-state index contributed by atoms with van der Waals surface area (Å²) in [6, 6.07) is 5.29. The molecular weight excluding hydrogens is 340 g/mol. The van der Waals surface area contributed by atoms with Gasteiger partial charge in [-0.3, -0.25) is 0 Å². The van der Waals surface area contributed by atoms with Crippen molar-refractivity contribution in [3.63, 3.8) is 0 Å². The average molecular weight is 361 g/mol. The Labute approximate surface area is 129 Å². The summed E-state index contributed by atoms with van der Waals surface area (Å²) in [7, 11) is -3.51. The SMILES string of the molecule is Cc1ccc(Br)c(S(=O)(=O)NC2CCCCC2CN)c1. The maximum atomic E-state index is 12.6. The van der Waals surface area contributed by atoms with Gasteiger partial charge in [-0.1, -0.05) is 18.9 Å². The van der Waals surface area contributed by atoms with E-state index in [4.69, 9.17) is 5.73 Å². The number of rotatable bonds is 4. The Hall–Kier alpha value is -0.430. The van der Waals surface area contributed by atoms with E-state index in [-0.39, 0.29) is 12.0 Å². The van der Waals surface area contributed by atoms with Gasteiger partial charge >= 0.3 is 0 Å². The largest absolute Gasteiger partial charge is 0.330 e. The zero-order chi connectivity index (χ0) is 14.8. The number of hydrogen-bond donors (Lipinski definition) is 2. The Balaban J connectivity index is 2.24. The number of benzene rings is 1. The van der Waals surface area contributed by atoms with Gasteiger partial charge in [0.25, 0.3) is 0 Å². The lowest BCUT2D eigenvalue weighted by molar-refractivity contribution is 0.296. The van der Waals surface area contributed by atoms with Crippen LogP contribution in [0.3, 0.4) is 0 Å². The Bertz CT molecular complexity index is 575. The maximum Gasteiger partial charge on any atom is 0.241 e. The van der Waals surface area contributed by atoms with Crippen LogP contribution in [0, 0.1) is 12.8 Å². The van der Waals surface area contributed by atoms with Crippen molar-refractivity contribution < 1.29 is 8.42 Å². The van der Waals surface area contributed by atoms with Crippen LogP contribution in [-0.4, -0.2) is 21.0 Å². The summed E-state index contributed by atoms with van der Waals surface area (Å²) in [6.07, 6.45) is 4.05. The first-order valence-electron chi connectivity index (χ1n) is 6.92. The van der Waals surface area contributed by atoms with E-state index in [1.54, 1.807) is 12.1 Å². The molecule has 0 aliphatic heterocycles. The second-order valence-electron chi connectivity index (χ2n) is 5.44. The zero-order valence-corrected chi connectivity index (χ0v) is 14.0. The smallest absolute Gasteiger partial charge is 0.241 e. The number of sulfonamides is 1. The van der Waals surface area contributed by atoms with Gasteiger partial charge in [-0.15, -0.1) is 0 Å². The summed E-state index contributed by atoms with van der Waals surface area (Å²) in [5, 5.41) is 0. The number of halogens is 1. The molecule has 1 saturated carbocycles. The lowest BCUT2D eigenvalue weighted by Gasteiger charge is -2.31. The predicted molar refractivity (Wildman–Crippen MR) is 84.0 cm³/mol. The van der Waals surface area contributed by atoms with Gasteiger partial charge in [0.1, 0.15) is 0 Å². The van der Waals surface area contributed by atoms with Gasteiger partial charge in [0.15, 0.2) is 0 Å². The average Bonchev–Trinajstić information content (AvgIpc) is 2.41. The normalized spacial score (nSPS) is 23.8. The van der Waals surface area contributed by atoms with E-state index < -0.39 is 10.0 Å². The molecule has 0 spiro atoms. The van der Waals surface area contributed by atoms with Crippen LogP contribution in [0.15, 0.2) is 27.6 Å². The van der Waals surface area contributed by atoms with Gasteiger partial charge in [0.2, 0.25) is 10.0 Å². The quantitative estimate of drug-likeness (QED) is 0.866. The number of aryl methyl sites for hydroxylation is 1. The van der Waals surface area contributed by atoms with E-state index in [0.717, 1.165) is 31.2 Å². The van der Waals surface area contributed by atoms with Crippen LogP contribution in [0.25, 0.3) is 0 Å². The lowest BCUT2D eigenvalue weighted by Crippen LogP contribution is -2.44. The fraction of sp³-hybridized carbons (Fsp3) is 0.571. The monoisotopic (exact) mass is 360 g/mol. The molecule has 20 heavy (non-hydrogen) atoms. The fourth-order valence-corrected chi connectivity index (χ4v) is 5.11. The second-order valence-corrected chi connectivity index (χ2v) is 7.98. The van der Waals surface area contributed by atoms with Gasteiger partial charge in [-0.2, -0.15) is 0 Å². The third-order valence-corrected chi connectivity index (χ3v) is 6.38. The highest BCUT2D eigenvalue weighted by molar-refractivity contribution is 9.10. The Morgan fingerprint density at radius 2 is 2.05 bits per heavy atom. The van der Waals surface area contributed by atoms with E-state index >= 15 is 0 Å². The van der Waals surface area contributed by atoms with Crippen molar-refractivity contribution in [3.05, 3.63) is 28.2 Å². The van der Waals surface area contributed by atoms with E-state index in [2.05, 4.69) is 20.7 Å². The molecule has 1 fully saturated rings. The van der Waals surface area contributed by atoms with Crippen molar-refractivity contribution in [2.45, 2.75) is 43.5 Å². The zero-order valence-electron chi connectivity index (χ0n) is 11.6. The number of hydrogen-bond acceptors (Lipinski definition) is 3. The van der Waals surface area contributed by atoms with E-state index in [1.807, 2.05) is 13.0 Å². The third kappa shape index (κ3) is 3.61. The standard InChI is InChI=1S/C14H21BrN2O2S/c1-10-6-7-12(15)14(8-10)20(18,19)17-13-5-3-2-4-11(13)9-16/h6-8,11,13,17H,2-5,9,16H2,1H3. The molecule has 0 amide bonds. The predicted octanol–water partition coefficient (Wildman–Crippen LogP) is 2.55. The van der Waals surface area contributed by atoms with Crippen molar-refractivity contribution in [2.75, 3.05) is 6.54 Å². The fourth-order valence-electron chi connectivity index (χ4n) is 2.72. The summed E-state index contributed by atoms with van der Waals surface area (Å²) in [4.78, 5) is 0.304. The summed E-state index contributed by atoms with van der Waals surface area (Å²) in [5.74, 6) is 0.238. The van der Waals surface area contributed by atoms with Crippen LogP contribution in [-0.2, 0) is 10.0 Å². The molecular formula is C14H21BrN2O2S. The topological polar surface area (TPSA) is 72.2 Å². The van der Waals surface area contributed by atoms with Crippen LogP contribution in [0.5, 0.6) is 0 Å². The highest BCUT2D eigenvalue weighted by Crippen LogP contribution is 2.27. The minimum Gasteiger partial charge on any atom is -0.330 e. The van der Waals surface area contributed by atoms with Crippen molar-refractivity contribution in [3.8, 4) is 0 Å². The Kier molecular flexibility index (Phi) is 5.23. The first-order valence-corrected chi connectivity index (χ1v) is 9.20. The van der Waals surface area contributed by atoms with Crippen LogP contribution in [0.4, 0.5) is 0 Å². The lowest BCUT2D eigenvalue weighted by atomic mass is 9.85. The summed E-state index contributed by atoms with van der Waals surface area (Å²) in [6.45, 7) is 2.41. The van der Waals surface area contributed by atoms with Gasteiger partial charge in [0, 0.05) is 10.5 Å². The molecule has 3 N–H and O–H groups in total. The molecule has 0 bridgehead atoms. The molecule has 2 atom stereocenters. The first kappa shape index (κ1) is 15.9. The Morgan fingerprint density at radius 3 is 2.75 bits per heavy atom. The Morgan fingerprint density at radius 1 is 1.35 bits per heavy atom. The molecule has 1 aromatic rings. The van der Waals surface area contributed by atoms with E-state index in [1.165, 1.54) is 0 Å². The molecule has 1 aliphatic rings. The molecule has 4 nitrogen and oxygen atoms in total. The molecule has 2 rings (SSSR count). The highest BCUT2D eigenvalue weighted by Gasteiger charge is 2.29. The minimum atomic E-state index is -3.51. The molecule has 0 radical (unpaired) electrons. The highest BCUT2D eigenvalue weighted by atomic mass is 79.9. The summed E-state index contributed by atoms with van der Waals surface area (Å²) in [5.41, 5.74) is 6.68. The van der Waals surface area contributed by atoms with Crippen LogP contribution < -0.4 is 10.5 Å². The van der Waals surface area contributed by atoms with Gasteiger partial charge in [-0.05, 0) is 65.9 Å². The summed E-state index contributed by atoms with van der Waals surface area (Å²) < 4.78 is 28.5. The molecule has 6 heteroatoms. The van der Waals surface area contributed by atoms with Crippen molar-refractivity contribution in [2.24, 2.45) is 11.7 Å². The van der Waals surface area contributed by atoms with Crippen molar-refractivity contribution in [1.29, 1.82) is 0 Å². The van der Waals surface area contributed by atoms with E-state index in [0.29, 0.717) is 15.9 Å². The van der Waals surface area contributed by atoms with Gasteiger partial charge in [0.05, 0.1) is 4.90 Å². The molecule has 1 aromatic carbocycles. The molecule has 112 valence electrons. The number of nitrogens with one attached hydrogen (secondary N) is 1. The number of nitrogens with two attached hydrogens (primary N) is 1. The van der Waals surface area contributed by atoms with Crippen molar-refractivity contribution in [1.82, 2.24) is 4.72 Å².